The maximum Gasteiger partial charge on any atom is 0.263 e. The second-order valence-corrected chi connectivity index (χ2v) is 7.43. The van der Waals surface area contributed by atoms with Crippen LogP contribution in [-0.2, 0) is 9.59 Å². The van der Waals surface area contributed by atoms with E-state index in [0.29, 0.717) is 23.9 Å². The smallest absolute Gasteiger partial charge is 0.263 e. The maximum absolute atomic E-state index is 12.5. The van der Waals surface area contributed by atoms with E-state index in [0.717, 1.165) is 24.3 Å². The molecular weight excluding hydrogens is 374 g/mol. The zero-order valence-corrected chi connectivity index (χ0v) is 16.5. The highest BCUT2D eigenvalue weighted by Gasteiger charge is 2.31. The Morgan fingerprint density at radius 3 is 2.66 bits per heavy atom. The van der Waals surface area contributed by atoms with Crippen molar-refractivity contribution in [1.82, 2.24) is 20.4 Å². The van der Waals surface area contributed by atoms with Gasteiger partial charge in [0.15, 0.2) is 12.9 Å². The first kappa shape index (κ1) is 19.3. The standard InChI is InChI=1S/C20H25N5O4/c1-12-9-18(26)23-20(21-12)25-17(10-16(24-25)13-3-4-13)22-19(27)11-29-15-7-5-14(28-2)6-8-15/h5-8,10,12-13,20-21H,3-4,9,11H2,1-2H3,(H,22,27)(H,23,26). The van der Waals surface area contributed by atoms with Gasteiger partial charge in [0.1, 0.15) is 17.3 Å². The molecule has 2 aromatic rings. The molecule has 2 atom stereocenters. The van der Waals surface area contributed by atoms with Crippen molar-refractivity contribution < 1.29 is 19.1 Å². The maximum atomic E-state index is 12.5. The zero-order valence-electron chi connectivity index (χ0n) is 16.5. The number of carbonyl (C=O) groups excluding carboxylic acids is 2. The summed E-state index contributed by atoms with van der Waals surface area (Å²) in [6.07, 6.45) is 2.08. The first-order chi connectivity index (χ1) is 14.0. The average Bonchev–Trinajstić information content (AvgIpc) is 3.47. The third-order valence-corrected chi connectivity index (χ3v) is 4.92. The van der Waals surface area contributed by atoms with Crippen molar-refractivity contribution in [3.63, 3.8) is 0 Å². The van der Waals surface area contributed by atoms with Crippen LogP contribution >= 0.6 is 0 Å². The van der Waals surface area contributed by atoms with E-state index in [4.69, 9.17) is 9.47 Å². The summed E-state index contributed by atoms with van der Waals surface area (Å²) < 4.78 is 12.3. The molecule has 1 aliphatic carbocycles. The van der Waals surface area contributed by atoms with Gasteiger partial charge in [-0.1, -0.05) is 0 Å². The highest BCUT2D eigenvalue weighted by atomic mass is 16.5. The number of hydrogen-bond acceptors (Lipinski definition) is 6. The molecule has 1 aromatic heterocycles. The van der Waals surface area contributed by atoms with Crippen LogP contribution in [0.4, 0.5) is 5.82 Å². The lowest BCUT2D eigenvalue weighted by Crippen LogP contribution is -2.52. The number of rotatable bonds is 7. The molecule has 2 aliphatic rings. The van der Waals surface area contributed by atoms with Gasteiger partial charge < -0.3 is 20.1 Å². The Morgan fingerprint density at radius 1 is 1.28 bits per heavy atom. The molecule has 154 valence electrons. The molecule has 0 spiro atoms. The lowest BCUT2D eigenvalue weighted by atomic mass is 10.2. The molecule has 4 rings (SSSR count). The van der Waals surface area contributed by atoms with E-state index in [1.165, 1.54) is 0 Å². The summed E-state index contributed by atoms with van der Waals surface area (Å²) in [5.74, 6) is 1.88. The molecule has 1 aromatic carbocycles. The quantitative estimate of drug-likeness (QED) is 0.655. The van der Waals surface area contributed by atoms with Crippen LogP contribution in [-0.4, -0.2) is 41.4 Å². The van der Waals surface area contributed by atoms with E-state index < -0.39 is 6.29 Å². The predicted molar refractivity (Wildman–Crippen MR) is 106 cm³/mol. The SMILES string of the molecule is COc1ccc(OCC(=O)Nc2cc(C3CC3)nn2C2NC(=O)CC(C)N2)cc1. The Morgan fingerprint density at radius 2 is 2.00 bits per heavy atom. The van der Waals surface area contributed by atoms with E-state index >= 15 is 0 Å². The summed E-state index contributed by atoms with van der Waals surface area (Å²) in [7, 11) is 1.59. The van der Waals surface area contributed by atoms with Gasteiger partial charge >= 0.3 is 0 Å². The van der Waals surface area contributed by atoms with Crippen molar-refractivity contribution in [2.75, 3.05) is 19.0 Å². The zero-order chi connectivity index (χ0) is 20.4. The second-order valence-electron chi connectivity index (χ2n) is 7.43. The monoisotopic (exact) mass is 399 g/mol. The molecule has 9 heteroatoms. The largest absolute Gasteiger partial charge is 0.497 e. The van der Waals surface area contributed by atoms with E-state index in [1.807, 2.05) is 13.0 Å². The van der Waals surface area contributed by atoms with Crippen LogP contribution in [0.3, 0.4) is 0 Å². The molecule has 2 unspecified atom stereocenters. The molecule has 2 heterocycles. The number of benzene rings is 1. The van der Waals surface area contributed by atoms with Crippen LogP contribution in [0.1, 0.15) is 44.1 Å². The molecule has 2 fully saturated rings. The molecule has 0 radical (unpaired) electrons. The van der Waals surface area contributed by atoms with Gasteiger partial charge in [0.2, 0.25) is 5.91 Å². The Labute approximate surface area is 168 Å². The number of aromatic nitrogens is 2. The number of nitrogens with zero attached hydrogens (tertiary/aromatic N) is 2. The number of amides is 2. The van der Waals surface area contributed by atoms with E-state index in [2.05, 4.69) is 21.0 Å². The molecule has 1 saturated heterocycles. The summed E-state index contributed by atoms with van der Waals surface area (Å²) in [6, 6.07) is 8.90. The summed E-state index contributed by atoms with van der Waals surface area (Å²) >= 11 is 0. The first-order valence-corrected chi connectivity index (χ1v) is 9.73. The molecule has 1 saturated carbocycles. The third kappa shape index (κ3) is 4.68. The number of ether oxygens (including phenoxy) is 2. The Bertz CT molecular complexity index is 891. The van der Waals surface area contributed by atoms with Gasteiger partial charge in [-0.25, -0.2) is 4.68 Å². The van der Waals surface area contributed by atoms with Gasteiger partial charge in [-0.15, -0.1) is 0 Å². The topological polar surface area (TPSA) is 107 Å². The van der Waals surface area contributed by atoms with Gasteiger partial charge in [-0.3, -0.25) is 14.9 Å². The van der Waals surface area contributed by atoms with Crippen LogP contribution in [0, 0.1) is 0 Å². The molecular formula is C20H25N5O4. The minimum atomic E-state index is -0.503. The summed E-state index contributed by atoms with van der Waals surface area (Å²) in [4.78, 5) is 24.4. The fraction of sp³-hybridized carbons (Fsp3) is 0.450. The Kier molecular flexibility index (Phi) is 5.39. The number of anilines is 1. The van der Waals surface area contributed by atoms with Gasteiger partial charge in [-0.05, 0) is 44.0 Å². The predicted octanol–water partition coefficient (Wildman–Crippen LogP) is 1.74. The minimum Gasteiger partial charge on any atom is -0.497 e. The van der Waals surface area contributed by atoms with E-state index in [9.17, 15) is 9.59 Å². The lowest BCUT2D eigenvalue weighted by Gasteiger charge is -2.30. The third-order valence-electron chi connectivity index (χ3n) is 4.92. The van der Waals surface area contributed by atoms with Crippen molar-refractivity contribution in [2.24, 2.45) is 0 Å². The molecule has 0 bridgehead atoms. The number of hydrogen-bond donors (Lipinski definition) is 3. The molecule has 1 aliphatic heterocycles. The van der Waals surface area contributed by atoms with Crippen molar-refractivity contribution in [3.8, 4) is 11.5 Å². The lowest BCUT2D eigenvalue weighted by molar-refractivity contribution is -0.125. The average molecular weight is 399 g/mol. The molecule has 29 heavy (non-hydrogen) atoms. The minimum absolute atomic E-state index is 0.0179. The van der Waals surface area contributed by atoms with Gasteiger partial charge in [-0.2, -0.15) is 5.10 Å². The highest BCUT2D eigenvalue weighted by molar-refractivity contribution is 5.91. The van der Waals surface area contributed by atoms with Crippen LogP contribution < -0.4 is 25.4 Å². The Balaban J connectivity index is 1.44. The summed E-state index contributed by atoms with van der Waals surface area (Å²) in [6.45, 7) is 1.80. The number of methoxy groups -OCH3 is 1. The van der Waals surface area contributed by atoms with E-state index in [1.54, 1.807) is 36.1 Å². The van der Waals surface area contributed by atoms with Crippen LogP contribution in [0.5, 0.6) is 11.5 Å². The van der Waals surface area contributed by atoms with Gasteiger partial charge in [0.05, 0.1) is 12.8 Å². The van der Waals surface area contributed by atoms with Crippen molar-refractivity contribution >= 4 is 17.6 Å². The summed E-state index contributed by atoms with van der Waals surface area (Å²) in [5, 5.41) is 13.6. The highest BCUT2D eigenvalue weighted by Crippen LogP contribution is 2.40. The van der Waals surface area contributed by atoms with Gasteiger partial charge in [0.25, 0.3) is 5.91 Å². The van der Waals surface area contributed by atoms with Crippen molar-refractivity contribution in [1.29, 1.82) is 0 Å². The number of nitrogens with one attached hydrogen (secondary N) is 3. The van der Waals surface area contributed by atoms with Crippen molar-refractivity contribution in [3.05, 3.63) is 36.0 Å². The van der Waals surface area contributed by atoms with Crippen molar-refractivity contribution in [2.45, 2.75) is 44.4 Å². The fourth-order valence-electron chi connectivity index (χ4n) is 3.27. The summed E-state index contributed by atoms with van der Waals surface area (Å²) in [5.41, 5.74) is 0.922. The van der Waals surface area contributed by atoms with Crippen LogP contribution in [0.15, 0.2) is 30.3 Å². The molecule has 9 nitrogen and oxygen atoms in total. The normalized spacial score (nSPS) is 21.4. The van der Waals surface area contributed by atoms with Gasteiger partial charge in [0, 0.05) is 24.4 Å². The molecule has 2 amide bonds. The Hall–Kier alpha value is -3.07. The van der Waals surface area contributed by atoms with Crippen LogP contribution in [0.25, 0.3) is 0 Å². The first-order valence-electron chi connectivity index (χ1n) is 9.73. The molecule has 3 N–H and O–H groups in total. The fourth-order valence-corrected chi connectivity index (χ4v) is 3.27. The number of carbonyl (C=O) groups is 2. The van der Waals surface area contributed by atoms with Crippen LogP contribution in [0.2, 0.25) is 0 Å². The van der Waals surface area contributed by atoms with E-state index in [-0.39, 0.29) is 24.5 Å². The second kappa shape index (κ2) is 8.12.